The molecule has 0 aliphatic rings. The predicted octanol–water partition coefficient (Wildman–Crippen LogP) is 1.63. The number of nitrogens with zero attached hydrogens (tertiary/aromatic N) is 1. The van der Waals surface area contributed by atoms with Crippen LogP contribution in [0, 0.1) is 6.92 Å². The molecule has 4 heteroatoms. The normalized spacial score (nSPS) is 10.1. The molecule has 2 aromatic rings. The van der Waals surface area contributed by atoms with Crippen LogP contribution in [0.25, 0.3) is 0 Å². The molecule has 0 unspecified atom stereocenters. The highest BCUT2D eigenvalue weighted by molar-refractivity contribution is 6.35. The van der Waals surface area contributed by atoms with Crippen LogP contribution in [-0.2, 0) is 0 Å². The van der Waals surface area contributed by atoms with E-state index in [2.05, 4.69) is 10.3 Å². The summed E-state index contributed by atoms with van der Waals surface area (Å²) in [7, 11) is 5.81. The van der Waals surface area contributed by atoms with Gasteiger partial charge < -0.3 is 10.4 Å². The third-order valence-electron chi connectivity index (χ3n) is 2.21. The van der Waals surface area contributed by atoms with Gasteiger partial charge in [-0.25, -0.2) is 4.98 Å². The average Bonchev–Trinajstić information content (AvgIpc) is 2.25. The van der Waals surface area contributed by atoms with Gasteiger partial charge in [-0.15, -0.1) is 0 Å². The van der Waals surface area contributed by atoms with Crippen LogP contribution in [0.2, 0.25) is 0 Å². The second kappa shape index (κ2) is 4.27. The van der Waals surface area contributed by atoms with Crippen LogP contribution >= 0.6 is 0 Å². The number of anilines is 2. The van der Waals surface area contributed by atoms with Crippen molar-refractivity contribution < 1.29 is 5.11 Å². The van der Waals surface area contributed by atoms with Crippen LogP contribution in [0.15, 0.2) is 36.5 Å². The molecule has 0 saturated carbocycles. The number of pyridine rings is 1. The summed E-state index contributed by atoms with van der Waals surface area (Å²) in [5, 5.41) is 12.6. The molecule has 0 bridgehead atoms. The van der Waals surface area contributed by atoms with E-state index in [1.807, 2.05) is 19.1 Å². The fourth-order valence-corrected chi connectivity index (χ4v) is 1.40. The Labute approximate surface area is 95.6 Å². The second-order valence-electron chi connectivity index (χ2n) is 3.59. The van der Waals surface area contributed by atoms with Crippen LogP contribution in [-0.4, -0.2) is 17.9 Å². The zero-order chi connectivity index (χ0) is 11.5. The minimum absolute atomic E-state index is 0.171. The highest BCUT2D eigenvalue weighted by atomic mass is 16.3. The zero-order valence-corrected chi connectivity index (χ0v) is 8.94. The van der Waals surface area contributed by atoms with Crippen molar-refractivity contribution in [2.45, 2.75) is 6.92 Å². The lowest BCUT2D eigenvalue weighted by Crippen LogP contribution is -2.12. The van der Waals surface area contributed by atoms with Crippen molar-refractivity contribution in [1.29, 1.82) is 0 Å². The first-order valence-electron chi connectivity index (χ1n) is 4.94. The molecular weight excluding hydrogens is 199 g/mol. The Bertz CT molecular complexity index is 514. The molecule has 1 heterocycles. The Morgan fingerprint density at radius 1 is 1.31 bits per heavy atom. The van der Waals surface area contributed by atoms with Crippen LogP contribution in [0.5, 0.6) is 5.75 Å². The molecule has 1 aromatic heterocycles. The molecule has 16 heavy (non-hydrogen) atoms. The third-order valence-corrected chi connectivity index (χ3v) is 2.21. The standard InChI is InChI=1S/C12H11BN2O/c1-8-6-9(13)12(14-7-8)15-10-4-2-3-5-11(10)16/h2-7,16H,1H3,(H,14,15). The van der Waals surface area contributed by atoms with Crippen LogP contribution < -0.4 is 10.8 Å². The lowest BCUT2D eigenvalue weighted by molar-refractivity contribution is 0.478. The minimum Gasteiger partial charge on any atom is -0.506 e. The molecule has 0 aliphatic carbocycles. The first-order chi connectivity index (χ1) is 7.66. The van der Waals surface area contributed by atoms with Gasteiger partial charge in [-0.1, -0.05) is 23.7 Å². The van der Waals surface area contributed by atoms with Crippen molar-refractivity contribution in [2.75, 3.05) is 5.32 Å². The summed E-state index contributed by atoms with van der Waals surface area (Å²) in [5.41, 5.74) is 2.15. The van der Waals surface area contributed by atoms with Crippen LogP contribution in [0.1, 0.15) is 5.56 Å². The Hall–Kier alpha value is -1.97. The largest absolute Gasteiger partial charge is 0.506 e. The summed E-state index contributed by atoms with van der Waals surface area (Å²) in [6.45, 7) is 1.92. The highest BCUT2D eigenvalue weighted by Gasteiger charge is 2.03. The summed E-state index contributed by atoms with van der Waals surface area (Å²) in [6, 6.07) is 8.78. The number of rotatable bonds is 2. The fraction of sp³-hybridized carbons (Fsp3) is 0.0833. The Kier molecular flexibility index (Phi) is 2.81. The van der Waals surface area contributed by atoms with Gasteiger partial charge in [0.05, 0.1) is 5.69 Å². The van der Waals surface area contributed by atoms with Crippen molar-refractivity contribution in [3.8, 4) is 5.75 Å². The lowest BCUT2D eigenvalue weighted by Gasteiger charge is -2.10. The number of phenolic OH excluding ortho intramolecular Hbond substituents is 1. The number of hydrogen-bond acceptors (Lipinski definition) is 3. The van der Waals surface area contributed by atoms with E-state index in [1.165, 1.54) is 0 Å². The van der Waals surface area contributed by atoms with Gasteiger partial charge in [0.1, 0.15) is 19.4 Å². The number of aromatic hydroxyl groups is 1. The smallest absolute Gasteiger partial charge is 0.139 e. The molecule has 2 rings (SSSR count). The maximum atomic E-state index is 9.59. The number of para-hydroxylation sites is 2. The van der Waals surface area contributed by atoms with Gasteiger partial charge in [0.2, 0.25) is 0 Å². The molecule has 0 spiro atoms. The fourth-order valence-electron chi connectivity index (χ4n) is 1.40. The summed E-state index contributed by atoms with van der Waals surface area (Å²) in [5.74, 6) is 0.719. The summed E-state index contributed by atoms with van der Waals surface area (Å²) in [4.78, 5) is 4.17. The molecule has 0 fully saturated rings. The van der Waals surface area contributed by atoms with Crippen molar-refractivity contribution in [1.82, 2.24) is 4.98 Å². The van der Waals surface area contributed by atoms with E-state index in [0.29, 0.717) is 17.0 Å². The van der Waals surface area contributed by atoms with E-state index < -0.39 is 0 Å². The molecule has 0 saturated heterocycles. The van der Waals surface area contributed by atoms with Crippen LogP contribution in [0.4, 0.5) is 11.5 Å². The quantitative estimate of drug-likeness (QED) is 0.584. The monoisotopic (exact) mass is 210 g/mol. The summed E-state index contributed by atoms with van der Waals surface area (Å²) >= 11 is 0. The van der Waals surface area contributed by atoms with E-state index in [1.54, 1.807) is 24.4 Å². The molecule has 2 radical (unpaired) electrons. The Morgan fingerprint density at radius 3 is 2.75 bits per heavy atom. The molecule has 0 atom stereocenters. The van der Waals surface area contributed by atoms with Gasteiger partial charge in [-0.3, -0.25) is 0 Å². The van der Waals surface area contributed by atoms with Crippen molar-refractivity contribution >= 4 is 24.8 Å². The number of nitrogens with one attached hydrogen (secondary N) is 1. The topological polar surface area (TPSA) is 45.2 Å². The summed E-state index contributed by atoms with van der Waals surface area (Å²) < 4.78 is 0. The molecule has 1 aromatic carbocycles. The SMILES string of the molecule is [B]c1cc(C)cnc1Nc1ccccc1O. The Morgan fingerprint density at radius 2 is 2.06 bits per heavy atom. The minimum atomic E-state index is 0.171. The van der Waals surface area contributed by atoms with E-state index >= 15 is 0 Å². The van der Waals surface area contributed by atoms with E-state index in [-0.39, 0.29) is 5.75 Å². The third kappa shape index (κ3) is 2.16. The number of aromatic nitrogens is 1. The van der Waals surface area contributed by atoms with E-state index in [0.717, 1.165) is 5.56 Å². The number of aryl methyl sites for hydroxylation is 1. The molecule has 0 aliphatic heterocycles. The van der Waals surface area contributed by atoms with Gasteiger partial charge >= 0.3 is 0 Å². The predicted molar refractivity (Wildman–Crippen MR) is 65.8 cm³/mol. The molecule has 3 nitrogen and oxygen atoms in total. The number of hydrogen-bond donors (Lipinski definition) is 2. The van der Waals surface area contributed by atoms with Gasteiger partial charge in [0.15, 0.2) is 0 Å². The lowest BCUT2D eigenvalue weighted by atomic mass is 9.95. The summed E-state index contributed by atoms with van der Waals surface area (Å²) in [6.07, 6.45) is 1.72. The van der Waals surface area contributed by atoms with Gasteiger partial charge in [0.25, 0.3) is 0 Å². The maximum Gasteiger partial charge on any atom is 0.139 e. The van der Waals surface area contributed by atoms with Crippen LogP contribution in [0.3, 0.4) is 0 Å². The van der Waals surface area contributed by atoms with Crippen molar-refractivity contribution in [2.24, 2.45) is 0 Å². The molecule has 78 valence electrons. The van der Waals surface area contributed by atoms with E-state index in [4.69, 9.17) is 7.85 Å². The molecule has 0 amide bonds. The molecule has 2 N–H and O–H groups in total. The van der Waals surface area contributed by atoms with E-state index in [9.17, 15) is 5.11 Å². The number of phenols is 1. The second-order valence-corrected chi connectivity index (χ2v) is 3.59. The van der Waals surface area contributed by atoms with Crippen molar-refractivity contribution in [3.05, 3.63) is 42.1 Å². The zero-order valence-electron chi connectivity index (χ0n) is 8.94. The first-order valence-corrected chi connectivity index (χ1v) is 4.94. The average molecular weight is 210 g/mol. The maximum absolute atomic E-state index is 9.59. The Balaban J connectivity index is 2.31. The molecular formula is C12H11BN2O. The first kappa shape index (κ1) is 10.5. The number of benzene rings is 1. The van der Waals surface area contributed by atoms with Gasteiger partial charge in [-0.05, 0) is 24.6 Å². The van der Waals surface area contributed by atoms with Crippen molar-refractivity contribution in [3.63, 3.8) is 0 Å². The van der Waals surface area contributed by atoms with Gasteiger partial charge in [-0.2, -0.15) is 0 Å². The highest BCUT2D eigenvalue weighted by Crippen LogP contribution is 2.23. The van der Waals surface area contributed by atoms with Gasteiger partial charge in [0, 0.05) is 6.20 Å².